The standard InChI is InChI=1S/C11H13ClN2O2/c1-7(6-15)5-14-10-4-8(12)2-3-9(10)11(13)16/h2-4,6-7,14H,5H2,1H3,(H2,13,16). The summed E-state index contributed by atoms with van der Waals surface area (Å²) in [6.07, 6.45) is 0.835. The lowest BCUT2D eigenvalue weighted by Crippen LogP contribution is -2.17. The molecule has 0 saturated carbocycles. The number of amides is 1. The van der Waals surface area contributed by atoms with Crippen molar-refractivity contribution in [2.45, 2.75) is 6.92 Å². The van der Waals surface area contributed by atoms with Gasteiger partial charge in [-0.1, -0.05) is 18.5 Å². The minimum absolute atomic E-state index is 0.139. The highest BCUT2D eigenvalue weighted by Gasteiger charge is 2.09. The van der Waals surface area contributed by atoms with Crippen molar-refractivity contribution in [2.24, 2.45) is 11.7 Å². The molecule has 1 aromatic carbocycles. The fourth-order valence-electron chi connectivity index (χ4n) is 1.20. The van der Waals surface area contributed by atoms with Crippen LogP contribution < -0.4 is 11.1 Å². The fraction of sp³-hybridized carbons (Fsp3) is 0.273. The molecule has 1 atom stereocenters. The van der Waals surface area contributed by atoms with Gasteiger partial charge in [-0.15, -0.1) is 0 Å². The number of halogens is 1. The first kappa shape index (κ1) is 12.5. The van der Waals surface area contributed by atoms with Crippen LogP contribution in [0.25, 0.3) is 0 Å². The Bertz CT molecular complexity index is 407. The molecule has 0 fully saturated rings. The van der Waals surface area contributed by atoms with Crippen molar-refractivity contribution in [1.29, 1.82) is 0 Å². The summed E-state index contributed by atoms with van der Waals surface area (Å²) in [5.74, 6) is -0.669. The van der Waals surface area contributed by atoms with Gasteiger partial charge in [-0.3, -0.25) is 4.79 Å². The van der Waals surface area contributed by atoms with Gasteiger partial charge < -0.3 is 15.8 Å². The number of hydrogen-bond acceptors (Lipinski definition) is 3. The molecule has 4 nitrogen and oxygen atoms in total. The molecule has 16 heavy (non-hydrogen) atoms. The Balaban J connectivity index is 2.88. The highest BCUT2D eigenvalue weighted by molar-refractivity contribution is 6.31. The lowest BCUT2D eigenvalue weighted by molar-refractivity contribution is -0.110. The SMILES string of the molecule is CC(C=O)CNc1cc(Cl)ccc1C(N)=O. The van der Waals surface area contributed by atoms with E-state index in [1.54, 1.807) is 25.1 Å². The Morgan fingerprint density at radius 2 is 2.31 bits per heavy atom. The number of nitrogens with two attached hydrogens (primary N) is 1. The average molecular weight is 241 g/mol. The molecule has 0 aliphatic rings. The number of aldehydes is 1. The van der Waals surface area contributed by atoms with Gasteiger partial charge in [-0.2, -0.15) is 0 Å². The van der Waals surface area contributed by atoms with Crippen LogP contribution in [0.2, 0.25) is 5.02 Å². The number of primary amides is 1. The molecule has 0 aromatic heterocycles. The summed E-state index contributed by atoms with van der Waals surface area (Å²) in [6, 6.07) is 4.76. The van der Waals surface area contributed by atoms with Gasteiger partial charge in [-0.25, -0.2) is 0 Å². The van der Waals surface area contributed by atoms with E-state index in [0.29, 0.717) is 22.8 Å². The van der Waals surface area contributed by atoms with E-state index in [4.69, 9.17) is 17.3 Å². The molecule has 1 unspecified atom stereocenters. The van der Waals surface area contributed by atoms with Crippen LogP contribution in [-0.4, -0.2) is 18.7 Å². The first-order valence-corrected chi connectivity index (χ1v) is 5.21. The van der Waals surface area contributed by atoms with Crippen molar-refractivity contribution >= 4 is 29.5 Å². The molecule has 3 N–H and O–H groups in total. The maximum Gasteiger partial charge on any atom is 0.250 e. The third kappa shape index (κ3) is 3.24. The third-order valence-electron chi connectivity index (χ3n) is 2.09. The molecule has 0 heterocycles. The van der Waals surface area contributed by atoms with Gasteiger partial charge in [0, 0.05) is 23.2 Å². The van der Waals surface area contributed by atoms with E-state index >= 15 is 0 Å². The molecule has 1 amide bonds. The quantitative estimate of drug-likeness (QED) is 0.770. The zero-order valence-corrected chi connectivity index (χ0v) is 9.62. The lowest BCUT2D eigenvalue weighted by atomic mass is 10.1. The number of hydrogen-bond donors (Lipinski definition) is 2. The Morgan fingerprint density at radius 1 is 1.62 bits per heavy atom. The smallest absolute Gasteiger partial charge is 0.250 e. The highest BCUT2D eigenvalue weighted by atomic mass is 35.5. The highest BCUT2D eigenvalue weighted by Crippen LogP contribution is 2.20. The maximum atomic E-state index is 11.1. The number of carbonyl (C=O) groups excluding carboxylic acids is 2. The summed E-state index contributed by atoms with van der Waals surface area (Å²) >= 11 is 5.81. The molecular weight excluding hydrogens is 228 g/mol. The van der Waals surface area contributed by atoms with Gasteiger partial charge >= 0.3 is 0 Å². The van der Waals surface area contributed by atoms with Crippen molar-refractivity contribution in [3.05, 3.63) is 28.8 Å². The molecule has 86 valence electrons. The summed E-state index contributed by atoms with van der Waals surface area (Å²) < 4.78 is 0. The Hall–Kier alpha value is -1.55. The second-order valence-electron chi connectivity index (χ2n) is 3.55. The molecule has 0 spiro atoms. The number of rotatable bonds is 5. The summed E-state index contributed by atoms with van der Waals surface area (Å²) in [4.78, 5) is 21.6. The molecule has 0 saturated heterocycles. The average Bonchev–Trinajstić information content (AvgIpc) is 2.25. The number of anilines is 1. The second-order valence-corrected chi connectivity index (χ2v) is 3.98. The zero-order valence-electron chi connectivity index (χ0n) is 8.87. The number of benzene rings is 1. The van der Waals surface area contributed by atoms with Gasteiger partial charge in [-0.05, 0) is 18.2 Å². The van der Waals surface area contributed by atoms with Crippen molar-refractivity contribution in [1.82, 2.24) is 0 Å². The van der Waals surface area contributed by atoms with Crippen molar-refractivity contribution in [2.75, 3.05) is 11.9 Å². The molecule has 0 aliphatic heterocycles. The third-order valence-corrected chi connectivity index (χ3v) is 2.33. The van der Waals surface area contributed by atoms with Crippen LogP contribution in [0.1, 0.15) is 17.3 Å². The van der Waals surface area contributed by atoms with E-state index in [2.05, 4.69) is 5.32 Å². The van der Waals surface area contributed by atoms with Crippen molar-refractivity contribution in [3.63, 3.8) is 0 Å². The fourth-order valence-corrected chi connectivity index (χ4v) is 1.37. The molecule has 0 radical (unpaired) electrons. The van der Waals surface area contributed by atoms with E-state index in [1.165, 1.54) is 0 Å². The van der Waals surface area contributed by atoms with Crippen LogP contribution in [0.15, 0.2) is 18.2 Å². The van der Waals surface area contributed by atoms with Crippen LogP contribution in [0.5, 0.6) is 0 Å². The van der Waals surface area contributed by atoms with Crippen LogP contribution in [0, 0.1) is 5.92 Å². The summed E-state index contributed by atoms with van der Waals surface area (Å²) in [7, 11) is 0. The first-order valence-electron chi connectivity index (χ1n) is 4.83. The summed E-state index contributed by atoms with van der Waals surface area (Å²) in [5.41, 5.74) is 6.13. The van der Waals surface area contributed by atoms with Gasteiger partial charge in [0.1, 0.15) is 6.29 Å². The normalized spacial score (nSPS) is 11.9. The largest absolute Gasteiger partial charge is 0.384 e. The molecule has 5 heteroatoms. The molecule has 0 bridgehead atoms. The molecule has 0 aliphatic carbocycles. The van der Waals surface area contributed by atoms with Gasteiger partial charge in [0.05, 0.1) is 5.56 Å². The van der Waals surface area contributed by atoms with Gasteiger partial charge in [0.25, 0.3) is 5.91 Å². The van der Waals surface area contributed by atoms with Gasteiger partial charge in [0.2, 0.25) is 0 Å². The van der Waals surface area contributed by atoms with E-state index in [-0.39, 0.29) is 5.92 Å². The van der Waals surface area contributed by atoms with E-state index in [9.17, 15) is 9.59 Å². The van der Waals surface area contributed by atoms with Crippen LogP contribution in [0.3, 0.4) is 0 Å². The zero-order chi connectivity index (χ0) is 12.1. The van der Waals surface area contributed by atoms with Crippen LogP contribution in [-0.2, 0) is 4.79 Å². The topological polar surface area (TPSA) is 72.2 Å². The number of nitrogens with one attached hydrogen (secondary N) is 1. The van der Waals surface area contributed by atoms with Crippen molar-refractivity contribution in [3.8, 4) is 0 Å². The van der Waals surface area contributed by atoms with Crippen LogP contribution in [0.4, 0.5) is 5.69 Å². The van der Waals surface area contributed by atoms with Gasteiger partial charge in [0.15, 0.2) is 0 Å². The Labute approximate surface area is 98.8 Å². The van der Waals surface area contributed by atoms with E-state index in [0.717, 1.165) is 6.29 Å². The predicted octanol–water partition coefficient (Wildman–Crippen LogP) is 1.69. The maximum absolute atomic E-state index is 11.1. The molecule has 1 aromatic rings. The lowest BCUT2D eigenvalue weighted by Gasteiger charge is -2.11. The second kappa shape index (κ2) is 5.51. The predicted molar refractivity (Wildman–Crippen MR) is 63.7 cm³/mol. The first-order chi connectivity index (χ1) is 7.54. The van der Waals surface area contributed by atoms with E-state index < -0.39 is 5.91 Å². The monoisotopic (exact) mass is 240 g/mol. The minimum Gasteiger partial charge on any atom is -0.384 e. The number of carbonyl (C=O) groups is 2. The summed E-state index contributed by atoms with van der Waals surface area (Å²) in [6.45, 7) is 2.21. The molecule has 1 rings (SSSR count). The van der Waals surface area contributed by atoms with Crippen LogP contribution >= 0.6 is 11.6 Å². The molecular formula is C11H13ClN2O2. The van der Waals surface area contributed by atoms with E-state index in [1.807, 2.05) is 0 Å². The Morgan fingerprint density at radius 3 is 2.88 bits per heavy atom. The summed E-state index contributed by atoms with van der Waals surface area (Å²) in [5, 5.41) is 3.48. The van der Waals surface area contributed by atoms with Crippen molar-refractivity contribution < 1.29 is 9.59 Å². The Kier molecular flexibility index (Phi) is 4.31. The minimum atomic E-state index is -0.530.